The van der Waals surface area contributed by atoms with Gasteiger partial charge in [0.25, 0.3) is 0 Å². The Bertz CT molecular complexity index is 325. The van der Waals surface area contributed by atoms with Gasteiger partial charge in [-0.3, -0.25) is 9.59 Å². The van der Waals surface area contributed by atoms with Crippen LogP contribution in [-0.4, -0.2) is 16.1 Å². The van der Waals surface area contributed by atoms with E-state index in [1.165, 1.54) is 0 Å². The second kappa shape index (κ2) is 2.87. The van der Waals surface area contributed by atoms with Crippen molar-refractivity contribution in [2.45, 2.75) is 13.3 Å². The summed E-state index contributed by atoms with van der Waals surface area (Å²) in [4.78, 5) is 23.8. The normalized spacial score (nSPS) is 9.91. The third-order valence-corrected chi connectivity index (χ3v) is 2.22. The third kappa shape index (κ3) is 1.91. The molecule has 0 unspecified atom stereocenters. The summed E-state index contributed by atoms with van der Waals surface area (Å²) < 4.78 is 0. The highest BCUT2D eigenvalue weighted by Crippen LogP contribution is 2.07. The van der Waals surface area contributed by atoms with Gasteiger partial charge in [-0.25, -0.2) is 0 Å². The van der Waals surface area contributed by atoms with Gasteiger partial charge in [-0.2, -0.15) is 0 Å². The van der Waals surface area contributed by atoms with Crippen LogP contribution in [0.3, 0.4) is 0 Å². The van der Waals surface area contributed by atoms with Gasteiger partial charge in [0.05, 0.1) is 6.42 Å². The van der Waals surface area contributed by atoms with Crippen molar-refractivity contribution in [1.82, 2.24) is 4.98 Å². The standard InChI is InChI=1S/C6H7NO3S/c1-3-4(2-5(8)9)11-6(10)7-3/h2H2,1H3,(H,7,10)(H,8,9). The van der Waals surface area contributed by atoms with E-state index in [9.17, 15) is 9.59 Å². The third-order valence-electron chi connectivity index (χ3n) is 1.24. The molecule has 1 aromatic rings. The first-order valence-corrected chi connectivity index (χ1v) is 3.81. The van der Waals surface area contributed by atoms with E-state index >= 15 is 0 Å². The highest BCUT2D eigenvalue weighted by molar-refractivity contribution is 7.09. The number of carboxylic acid groups (broad SMARTS) is 1. The van der Waals surface area contributed by atoms with Crippen LogP contribution in [0.15, 0.2) is 4.79 Å². The number of hydrogen-bond acceptors (Lipinski definition) is 3. The largest absolute Gasteiger partial charge is 0.481 e. The summed E-state index contributed by atoms with van der Waals surface area (Å²) in [6.07, 6.45) is -0.0742. The number of carbonyl (C=O) groups is 1. The average Bonchev–Trinajstić information content (AvgIpc) is 2.09. The highest BCUT2D eigenvalue weighted by Gasteiger charge is 2.07. The summed E-state index contributed by atoms with van der Waals surface area (Å²) in [5.74, 6) is -0.914. The fraction of sp³-hybridized carbons (Fsp3) is 0.333. The lowest BCUT2D eigenvalue weighted by Crippen LogP contribution is -1.99. The van der Waals surface area contributed by atoms with Crippen LogP contribution in [0.4, 0.5) is 0 Å². The first kappa shape index (κ1) is 8.00. The van der Waals surface area contributed by atoms with Crippen molar-refractivity contribution < 1.29 is 9.90 Å². The Kier molecular flexibility index (Phi) is 2.09. The summed E-state index contributed by atoms with van der Waals surface area (Å²) in [6.45, 7) is 1.69. The molecule has 0 aliphatic heterocycles. The fourth-order valence-corrected chi connectivity index (χ4v) is 1.57. The van der Waals surface area contributed by atoms with Gasteiger partial charge in [-0.05, 0) is 6.92 Å². The van der Waals surface area contributed by atoms with Crippen molar-refractivity contribution in [3.8, 4) is 0 Å². The van der Waals surface area contributed by atoms with Crippen molar-refractivity contribution in [3.05, 3.63) is 20.2 Å². The number of H-pyrrole nitrogens is 1. The van der Waals surface area contributed by atoms with Crippen LogP contribution in [0.1, 0.15) is 10.6 Å². The molecule has 0 bridgehead atoms. The second-order valence-electron chi connectivity index (χ2n) is 2.13. The zero-order valence-electron chi connectivity index (χ0n) is 5.88. The lowest BCUT2D eigenvalue weighted by molar-refractivity contribution is -0.136. The van der Waals surface area contributed by atoms with E-state index in [0.717, 1.165) is 11.3 Å². The average molecular weight is 173 g/mol. The number of carboxylic acids is 1. The van der Waals surface area contributed by atoms with Gasteiger partial charge in [0.2, 0.25) is 0 Å². The molecule has 0 saturated heterocycles. The number of aryl methyl sites for hydroxylation is 1. The van der Waals surface area contributed by atoms with Crippen LogP contribution in [0.2, 0.25) is 0 Å². The Hall–Kier alpha value is -1.10. The lowest BCUT2D eigenvalue weighted by atomic mass is 10.3. The topological polar surface area (TPSA) is 70.2 Å². The molecule has 11 heavy (non-hydrogen) atoms. The predicted octanol–water partition coefficient (Wildman–Crippen LogP) is 0.372. The predicted molar refractivity (Wildman–Crippen MR) is 41.0 cm³/mol. The SMILES string of the molecule is Cc1[nH]c(=O)sc1CC(=O)O. The molecule has 0 amide bonds. The first-order chi connectivity index (χ1) is 5.09. The molecule has 1 heterocycles. The molecule has 0 saturated carbocycles. The maximum Gasteiger partial charge on any atom is 0.308 e. The van der Waals surface area contributed by atoms with Crippen molar-refractivity contribution in [1.29, 1.82) is 0 Å². The molecule has 0 aromatic carbocycles. The van der Waals surface area contributed by atoms with Gasteiger partial charge in [-0.1, -0.05) is 11.3 Å². The Morgan fingerprint density at radius 2 is 2.36 bits per heavy atom. The fourth-order valence-electron chi connectivity index (χ4n) is 0.743. The molecule has 0 spiro atoms. The molecule has 0 aliphatic rings. The summed E-state index contributed by atoms with van der Waals surface area (Å²) in [5, 5.41) is 8.39. The monoisotopic (exact) mass is 173 g/mol. The molecule has 0 radical (unpaired) electrons. The van der Waals surface area contributed by atoms with Gasteiger partial charge in [0.1, 0.15) is 0 Å². The van der Waals surface area contributed by atoms with Crippen molar-refractivity contribution in [3.63, 3.8) is 0 Å². The molecule has 1 aromatic heterocycles. The van der Waals surface area contributed by atoms with Crippen molar-refractivity contribution in [2.24, 2.45) is 0 Å². The van der Waals surface area contributed by atoms with Crippen LogP contribution in [0.25, 0.3) is 0 Å². The molecular formula is C6H7NO3S. The zero-order valence-corrected chi connectivity index (χ0v) is 6.70. The molecule has 0 fully saturated rings. The molecule has 4 nitrogen and oxygen atoms in total. The lowest BCUT2D eigenvalue weighted by Gasteiger charge is -1.89. The van der Waals surface area contributed by atoms with Gasteiger partial charge in [0.15, 0.2) is 0 Å². The van der Waals surface area contributed by atoms with Crippen molar-refractivity contribution >= 4 is 17.3 Å². The number of aromatic nitrogens is 1. The highest BCUT2D eigenvalue weighted by atomic mass is 32.1. The molecular weight excluding hydrogens is 166 g/mol. The van der Waals surface area contributed by atoms with Crippen LogP contribution >= 0.6 is 11.3 Å². The summed E-state index contributed by atoms with van der Waals surface area (Å²) in [7, 11) is 0. The Labute approximate surface area is 66.5 Å². The minimum Gasteiger partial charge on any atom is -0.481 e. The number of nitrogens with one attached hydrogen (secondary N) is 1. The Balaban J connectivity index is 2.94. The van der Waals surface area contributed by atoms with E-state index in [4.69, 9.17) is 5.11 Å². The van der Waals surface area contributed by atoms with Gasteiger partial charge < -0.3 is 10.1 Å². The first-order valence-electron chi connectivity index (χ1n) is 3.00. The molecule has 5 heteroatoms. The number of hydrogen-bond donors (Lipinski definition) is 2. The smallest absolute Gasteiger partial charge is 0.308 e. The van der Waals surface area contributed by atoms with Crippen molar-refractivity contribution in [2.75, 3.05) is 0 Å². The molecule has 2 N–H and O–H groups in total. The van der Waals surface area contributed by atoms with E-state index in [2.05, 4.69) is 4.98 Å². The maximum atomic E-state index is 10.7. The van der Waals surface area contributed by atoms with Gasteiger partial charge >= 0.3 is 10.8 Å². The number of aromatic amines is 1. The number of rotatable bonds is 2. The Morgan fingerprint density at radius 3 is 2.73 bits per heavy atom. The Morgan fingerprint density at radius 1 is 1.73 bits per heavy atom. The van der Waals surface area contributed by atoms with Crippen LogP contribution in [0, 0.1) is 6.92 Å². The van der Waals surface area contributed by atoms with E-state index in [1.54, 1.807) is 6.92 Å². The quantitative estimate of drug-likeness (QED) is 0.678. The molecule has 1 rings (SSSR count). The van der Waals surface area contributed by atoms with Crippen LogP contribution in [0.5, 0.6) is 0 Å². The molecule has 0 atom stereocenters. The molecule has 0 aliphatic carbocycles. The van der Waals surface area contributed by atoms with Crippen LogP contribution < -0.4 is 4.87 Å². The van der Waals surface area contributed by atoms with Crippen LogP contribution in [-0.2, 0) is 11.2 Å². The summed E-state index contributed by atoms with van der Waals surface area (Å²) in [6, 6.07) is 0. The van der Waals surface area contributed by atoms with E-state index in [1.807, 2.05) is 0 Å². The van der Waals surface area contributed by atoms with Gasteiger partial charge in [0, 0.05) is 10.6 Å². The van der Waals surface area contributed by atoms with E-state index < -0.39 is 5.97 Å². The summed E-state index contributed by atoms with van der Waals surface area (Å²) >= 11 is 0.951. The summed E-state index contributed by atoms with van der Waals surface area (Å²) in [5.41, 5.74) is 0.655. The maximum absolute atomic E-state index is 10.7. The molecule has 60 valence electrons. The van der Waals surface area contributed by atoms with E-state index in [0.29, 0.717) is 10.6 Å². The zero-order chi connectivity index (χ0) is 8.43. The minimum atomic E-state index is -0.914. The second-order valence-corrected chi connectivity index (χ2v) is 3.20. The van der Waals surface area contributed by atoms with E-state index in [-0.39, 0.29) is 11.3 Å². The number of thiazole rings is 1. The number of aliphatic carboxylic acids is 1. The minimum absolute atomic E-state index is 0.0742. The van der Waals surface area contributed by atoms with Gasteiger partial charge in [-0.15, -0.1) is 0 Å².